The average molecular weight is 497 g/mol. The van der Waals surface area contributed by atoms with Crippen LogP contribution in [0.2, 0.25) is 0 Å². The number of hydrogen-bond acceptors (Lipinski definition) is 5. The molecule has 2 heterocycles. The second kappa shape index (κ2) is 10.9. The first-order chi connectivity index (χ1) is 13.2. The number of benzene rings is 1. The standard InChI is InChI=1S/C20H27N5O2.HI/c1-21-20(23-13-15-7-6-11-22-19(15)27-3)24-16-10-12-25(14-16)17-8-4-5-9-18(17)26-2;/h4-9,11,16H,10,12-14H2,1-3H3,(H2,21,23,24);1H. The van der Waals surface area contributed by atoms with Crippen LogP contribution in [0.3, 0.4) is 0 Å². The Bertz CT molecular complexity index is 787. The number of ether oxygens (including phenoxy) is 2. The Morgan fingerprint density at radius 3 is 2.79 bits per heavy atom. The van der Waals surface area contributed by atoms with E-state index in [1.807, 2.05) is 30.3 Å². The molecule has 2 N–H and O–H groups in total. The number of nitrogens with zero attached hydrogens (tertiary/aromatic N) is 3. The molecule has 0 aliphatic carbocycles. The normalized spacial score (nSPS) is 16.3. The van der Waals surface area contributed by atoms with Crippen LogP contribution < -0.4 is 25.0 Å². The Labute approximate surface area is 183 Å². The second-order valence-electron chi connectivity index (χ2n) is 6.35. The van der Waals surface area contributed by atoms with Gasteiger partial charge >= 0.3 is 0 Å². The highest BCUT2D eigenvalue weighted by Gasteiger charge is 2.25. The third kappa shape index (κ3) is 5.40. The van der Waals surface area contributed by atoms with Crippen LogP contribution in [-0.2, 0) is 6.54 Å². The highest BCUT2D eigenvalue weighted by atomic mass is 127. The summed E-state index contributed by atoms with van der Waals surface area (Å²) in [4.78, 5) is 10.9. The van der Waals surface area contributed by atoms with Gasteiger partial charge in [0.1, 0.15) is 5.75 Å². The van der Waals surface area contributed by atoms with E-state index in [4.69, 9.17) is 9.47 Å². The lowest BCUT2D eigenvalue weighted by Crippen LogP contribution is -2.44. The maximum absolute atomic E-state index is 5.49. The lowest BCUT2D eigenvalue weighted by Gasteiger charge is -2.22. The van der Waals surface area contributed by atoms with Crippen molar-refractivity contribution in [1.82, 2.24) is 15.6 Å². The fourth-order valence-corrected chi connectivity index (χ4v) is 3.30. The molecule has 1 aromatic carbocycles. The van der Waals surface area contributed by atoms with Gasteiger partial charge in [0, 0.05) is 44.5 Å². The predicted molar refractivity (Wildman–Crippen MR) is 123 cm³/mol. The fraction of sp³-hybridized carbons (Fsp3) is 0.400. The monoisotopic (exact) mass is 497 g/mol. The van der Waals surface area contributed by atoms with Gasteiger partial charge in [-0.25, -0.2) is 4.98 Å². The molecule has 3 rings (SSSR count). The molecule has 1 fully saturated rings. The van der Waals surface area contributed by atoms with Gasteiger partial charge in [0.2, 0.25) is 5.88 Å². The van der Waals surface area contributed by atoms with Crippen LogP contribution in [0, 0.1) is 0 Å². The van der Waals surface area contributed by atoms with Gasteiger partial charge in [-0.3, -0.25) is 4.99 Å². The number of pyridine rings is 1. The molecule has 28 heavy (non-hydrogen) atoms. The zero-order chi connectivity index (χ0) is 19.1. The van der Waals surface area contributed by atoms with E-state index in [-0.39, 0.29) is 24.0 Å². The number of nitrogens with one attached hydrogen (secondary N) is 2. The lowest BCUT2D eigenvalue weighted by molar-refractivity contribution is 0.392. The van der Waals surface area contributed by atoms with Crippen molar-refractivity contribution in [3.05, 3.63) is 48.2 Å². The molecule has 8 heteroatoms. The number of methoxy groups -OCH3 is 2. The van der Waals surface area contributed by atoms with Crippen molar-refractivity contribution in [2.75, 3.05) is 39.3 Å². The van der Waals surface area contributed by atoms with E-state index in [2.05, 4.69) is 31.6 Å². The zero-order valence-corrected chi connectivity index (χ0v) is 18.8. The molecule has 2 aromatic rings. The molecule has 1 aliphatic rings. The van der Waals surface area contributed by atoms with Gasteiger partial charge in [0.05, 0.1) is 19.9 Å². The SMILES string of the molecule is CN=C(NCc1cccnc1OC)NC1CCN(c2ccccc2OC)C1.I. The summed E-state index contributed by atoms with van der Waals surface area (Å²) in [6.45, 7) is 2.47. The first kappa shape index (κ1) is 22.1. The molecule has 0 bridgehead atoms. The Kier molecular flexibility index (Phi) is 8.62. The Hall–Kier alpha value is -2.23. The summed E-state index contributed by atoms with van der Waals surface area (Å²) in [7, 11) is 5.12. The quantitative estimate of drug-likeness (QED) is 0.364. The number of rotatable bonds is 6. The molecule has 0 spiro atoms. The topological polar surface area (TPSA) is 71.0 Å². The number of anilines is 1. The van der Waals surface area contributed by atoms with Crippen molar-refractivity contribution in [3.63, 3.8) is 0 Å². The third-order valence-corrected chi connectivity index (χ3v) is 4.67. The van der Waals surface area contributed by atoms with Crippen molar-refractivity contribution in [1.29, 1.82) is 0 Å². The molecule has 1 saturated heterocycles. The van der Waals surface area contributed by atoms with Crippen molar-refractivity contribution in [2.45, 2.75) is 19.0 Å². The number of halogens is 1. The molecule has 1 aromatic heterocycles. The van der Waals surface area contributed by atoms with Gasteiger partial charge in [-0.1, -0.05) is 18.2 Å². The van der Waals surface area contributed by atoms with Crippen molar-refractivity contribution in [3.8, 4) is 11.6 Å². The molecule has 0 amide bonds. The van der Waals surface area contributed by atoms with Crippen LogP contribution in [0.15, 0.2) is 47.6 Å². The van der Waals surface area contributed by atoms with Crippen LogP contribution in [-0.4, -0.2) is 51.3 Å². The van der Waals surface area contributed by atoms with Gasteiger partial charge in [-0.05, 0) is 24.6 Å². The Balaban J connectivity index is 0.00000280. The van der Waals surface area contributed by atoms with Gasteiger partial charge < -0.3 is 25.0 Å². The van der Waals surface area contributed by atoms with Crippen molar-refractivity contribution < 1.29 is 9.47 Å². The van der Waals surface area contributed by atoms with Gasteiger partial charge in [0.15, 0.2) is 5.96 Å². The Morgan fingerprint density at radius 1 is 1.21 bits per heavy atom. The summed E-state index contributed by atoms with van der Waals surface area (Å²) in [6.07, 6.45) is 2.76. The molecule has 1 unspecified atom stereocenters. The van der Waals surface area contributed by atoms with E-state index in [1.165, 1.54) is 0 Å². The first-order valence-electron chi connectivity index (χ1n) is 9.08. The molecular formula is C20H28IN5O2. The number of guanidine groups is 1. The predicted octanol–water partition coefficient (Wildman–Crippen LogP) is 2.66. The number of hydrogen-bond donors (Lipinski definition) is 2. The summed E-state index contributed by atoms with van der Waals surface area (Å²) in [5.41, 5.74) is 2.12. The third-order valence-electron chi connectivity index (χ3n) is 4.67. The van der Waals surface area contributed by atoms with E-state index < -0.39 is 0 Å². The minimum atomic E-state index is 0. The number of aromatic nitrogens is 1. The molecule has 152 valence electrons. The molecule has 0 saturated carbocycles. The summed E-state index contributed by atoms with van der Waals surface area (Å²) in [5.74, 6) is 2.31. The lowest BCUT2D eigenvalue weighted by atomic mass is 10.2. The maximum atomic E-state index is 5.49. The highest BCUT2D eigenvalue weighted by molar-refractivity contribution is 14.0. The molecule has 0 radical (unpaired) electrons. The van der Waals surface area contributed by atoms with Gasteiger partial charge in [0.25, 0.3) is 0 Å². The summed E-state index contributed by atoms with van der Waals surface area (Å²) >= 11 is 0. The van der Waals surface area contributed by atoms with E-state index in [0.29, 0.717) is 18.5 Å². The van der Waals surface area contributed by atoms with E-state index in [1.54, 1.807) is 27.5 Å². The minimum Gasteiger partial charge on any atom is -0.495 e. The van der Waals surface area contributed by atoms with Crippen LogP contribution in [0.4, 0.5) is 5.69 Å². The highest BCUT2D eigenvalue weighted by Crippen LogP contribution is 2.30. The van der Waals surface area contributed by atoms with Gasteiger partial charge in [-0.2, -0.15) is 0 Å². The maximum Gasteiger partial charge on any atom is 0.218 e. The number of para-hydroxylation sites is 2. The fourth-order valence-electron chi connectivity index (χ4n) is 3.30. The van der Waals surface area contributed by atoms with Crippen LogP contribution >= 0.6 is 24.0 Å². The second-order valence-corrected chi connectivity index (χ2v) is 6.35. The minimum absolute atomic E-state index is 0. The van der Waals surface area contributed by atoms with Crippen LogP contribution in [0.1, 0.15) is 12.0 Å². The molecule has 7 nitrogen and oxygen atoms in total. The van der Waals surface area contributed by atoms with E-state index >= 15 is 0 Å². The molecule has 1 aliphatic heterocycles. The zero-order valence-electron chi connectivity index (χ0n) is 16.5. The summed E-state index contributed by atoms with van der Waals surface area (Å²) in [5, 5.41) is 6.85. The average Bonchev–Trinajstić information content (AvgIpc) is 3.19. The summed E-state index contributed by atoms with van der Waals surface area (Å²) in [6, 6.07) is 12.3. The summed E-state index contributed by atoms with van der Waals surface area (Å²) < 4.78 is 10.8. The van der Waals surface area contributed by atoms with Crippen molar-refractivity contribution in [2.24, 2.45) is 4.99 Å². The Morgan fingerprint density at radius 2 is 2.04 bits per heavy atom. The van der Waals surface area contributed by atoms with Crippen LogP contribution in [0.25, 0.3) is 0 Å². The molecule has 1 atom stereocenters. The smallest absolute Gasteiger partial charge is 0.218 e. The van der Waals surface area contributed by atoms with Crippen LogP contribution in [0.5, 0.6) is 11.6 Å². The van der Waals surface area contributed by atoms with Crippen molar-refractivity contribution >= 4 is 35.6 Å². The van der Waals surface area contributed by atoms with Gasteiger partial charge in [-0.15, -0.1) is 24.0 Å². The largest absolute Gasteiger partial charge is 0.495 e. The molecular weight excluding hydrogens is 469 g/mol. The van der Waals surface area contributed by atoms with E-state index in [9.17, 15) is 0 Å². The van der Waals surface area contributed by atoms with E-state index in [0.717, 1.165) is 42.5 Å². The first-order valence-corrected chi connectivity index (χ1v) is 9.08. The number of aliphatic imine (C=N–C) groups is 1.